The molecule has 0 aliphatic heterocycles. The number of carbonyl (C=O) groups is 1. The Kier molecular flexibility index (Phi) is 4.74. The summed E-state index contributed by atoms with van der Waals surface area (Å²) in [7, 11) is 0. The average molecular weight is 268 g/mol. The van der Waals surface area contributed by atoms with Gasteiger partial charge in [-0.2, -0.15) is 0 Å². The van der Waals surface area contributed by atoms with E-state index in [1.807, 2.05) is 0 Å². The van der Waals surface area contributed by atoms with E-state index in [4.69, 9.17) is 10.5 Å². The van der Waals surface area contributed by atoms with E-state index < -0.39 is 17.8 Å². The minimum absolute atomic E-state index is 0.00635. The molecule has 0 heterocycles. The maximum atomic E-state index is 11.5. The molecule has 1 amide bonds. The van der Waals surface area contributed by atoms with Crippen LogP contribution in [0.4, 0.5) is 10.5 Å². The summed E-state index contributed by atoms with van der Waals surface area (Å²) in [5, 5.41) is 21.8. The zero-order valence-electron chi connectivity index (χ0n) is 11.3. The van der Waals surface area contributed by atoms with Crippen LogP contribution in [0.5, 0.6) is 5.75 Å². The number of phenols is 1. The third kappa shape index (κ3) is 4.76. The Bertz CT molecular complexity index is 454. The molecule has 1 rings (SSSR count). The third-order valence-corrected chi connectivity index (χ3v) is 2.26. The van der Waals surface area contributed by atoms with Crippen molar-refractivity contribution in [2.45, 2.75) is 32.5 Å². The highest BCUT2D eigenvalue weighted by atomic mass is 16.6. The molecular formula is C13H20N2O4. The maximum absolute atomic E-state index is 11.5. The number of ether oxygens (including phenoxy) is 1. The molecule has 5 N–H and O–H groups in total. The van der Waals surface area contributed by atoms with E-state index in [2.05, 4.69) is 5.32 Å². The first-order valence-electron chi connectivity index (χ1n) is 5.94. The summed E-state index contributed by atoms with van der Waals surface area (Å²) in [5.74, 6) is -0.133. The van der Waals surface area contributed by atoms with Crippen molar-refractivity contribution in [1.82, 2.24) is 0 Å². The number of aromatic hydroxyl groups is 1. The number of amides is 1. The van der Waals surface area contributed by atoms with Crippen molar-refractivity contribution in [2.75, 3.05) is 11.9 Å². The Labute approximate surface area is 112 Å². The van der Waals surface area contributed by atoms with Crippen LogP contribution in [-0.4, -0.2) is 28.5 Å². The first kappa shape index (κ1) is 15.3. The lowest BCUT2D eigenvalue weighted by Crippen LogP contribution is -2.27. The number of benzene rings is 1. The predicted molar refractivity (Wildman–Crippen MR) is 72.0 cm³/mol. The SMILES string of the molecule is CC(C)(C)OC(=O)Nc1ccc([C@H](O)CN)c(O)c1. The lowest BCUT2D eigenvalue weighted by atomic mass is 10.1. The van der Waals surface area contributed by atoms with Gasteiger partial charge in [-0.3, -0.25) is 5.32 Å². The predicted octanol–water partition coefficient (Wildman–Crippen LogP) is 1.73. The van der Waals surface area contributed by atoms with Gasteiger partial charge in [0.25, 0.3) is 0 Å². The van der Waals surface area contributed by atoms with E-state index >= 15 is 0 Å². The summed E-state index contributed by atoms with van der Waals surface area (Å²) in [6.45, 7) is 5.27. The van der Waals surface area contributed by atoms with Crippen molar-refractivity contribution >= 4 is 11.8 Å². The fourth-order valence-electron chi connectivity index (χ4n) is 1.45. The first-order chi connectivity index (χ1) is 8.73. The van der Waals surface area contributed by atoms with Gasteiger partial charge in [-0.25, -0.2) is 4.79 Å². The molecule has 1 aromatic carbocycles. The number of hydrogen-bond donors (Lipinski definition) is 4. The van der Waals surface area contributed by atoms with Crippen LogP contribution in [0.2, 0.25) is 0 Å². The molecular weight excluding hydrogens is 248 g/mol. The topological polar surface area (TPSA) is 105 Å². The van der Waals surface area contributed by atoms with Crippen LogP contribution in [0.15, 0.2) is 18.2 Å². The molecule has 0 bridgehead atoms. The molecule has 0 aliphatic rings. The lowest BCUT2D eigenvalue weighted by Gasteiger charge is -2.20. The van der Waals surface area contributed by atoms with Crippen molar-refractivity contribution in [2.24, 2.45) is 5.73 Å². The molecule has 0 aliphatic carbocycles. The molecule has 6 heteroatoms. The number of hydrogen-bond acceptors (Lipinski definition) is 5. The summed E-state index contributed by atoms with van der Waals surface area (Å²) in [6, 6.07) is 4.38. The third-order valence-electron chi connectivity index (χ3n) is 2.26. The van der Waals surface area contributed by atoms with Gasteiger partial charge in [0.05, 0.1) is 6.10 Å². The van der Waals surface area contributed by atoms with Crippen LogP contribution < -0.4 is 11.1 Å². The number of aliphatic hydroxyl groups is 1. The van der Waals surface area contributed by atoms with Crippen LogP contribution >= 0.6 is 0 Å². The van der Waals surface area contributed by atoms with Crippen molar-refractivity contribution in [1.29, 1.82) is 0 Å². The van der Waals surface area contributed by atoms with Gasteiger partial charge >= 0.3 is 6.09 Å². The van der Waals surface area contributed by atoms with Gasteiger partial charge in [0, 0.05) is 23.9 Å². The standard InChI is InChI=1S/C13H20N2O4/c1-13(2,3)19-12(18)15-8-4-5-9(10(16)6-8)11(17)7-14/h4-6,11,16-17H,7,14H2,1-3H3,(H,15,18)/t11-/m1/s1. The zero-order chi connectivity index (χ0) is 14.6. The monoisotopic (exact) mass is 268 g/mol. The van der Waals surface area contributed by atoms with Gasteiger partial charge in [-0.15, -0.1) is 0 Å². The van der Waals surface area contributed by atoms with Crippen LogP contribution in [0.3, 0.4) is 0 Å². The molecule has 19 heavy (non-hydrogen) atoms. The van der Waals surface area contributed by atoms with Crippen molar-refractivity contribution in [3.05, 3.63) is 23.8 Å². The van der Waals surface area contributed by atoms with Gasteiger partial charge in [0.1, 0.15) is 11.4 Å². The minimum Gasteiger partial charge on any atom is -0.507 e. The highest BCUT2D eigenvalue weighted by Gasteiger charge is 2.17. The quantitative estimate of drug-likeness (QED) is 0.668. The number of nitrogens with two attached hydrogens (primary N) is 1. The summed E-state index contributed by atoms with van der Waals surface area (Å²) in [6.07, 6.45) is -1.55. The second-order valence-corrected chi connectivity index (χ2v) is 5.15. The van der Waals surface area contributed by atoms with E-state index in [1.54, 1.807) is 26.8 Å². The number of rotatable bonds is 3. The molecule has 1 aromatic rings. The molecule has 0 spiro atoms. The van der Waals surface area contributed by atoms with Crippen LogP contribution in [-0.2, 0) is 4.74 Å². The zero-order valence-corrected chi connectivity index (χ0v) is 11.3. The van der Waals surface area contributed by atoms with Gasteiger partial charge in [-0.05, 0) is 26.8 Å². The van der Waals surface area contributed by atoms with Gasteiger partial charge < -0.3 is 20.7 Å². The van der Waals surface area contributed by atoms with Crippen molar-refractivity contribution < 1.29 is 19.7 Å². The molecule has 1 atom stereocenters. The second kappa shape index (κ2) is 5.90. The Morgan fingerprint density at radius 3 is 2.58 bits per heavy atom. The van der Waals surface area contributed by atoms with Crippen molar-refractivity contribution in [3.8, 4) is 5.75 Å². The molecule has 0 saturated heterocycles. The van der Waals surface area contributed by atoms with E-state index in [-0.39, 0.29) is 12.3 Å². The van der Waals surface area contributed by atoms with E-state index in [0.29, 0.717) is 11.3 Å². The average Bonchev–Trinajstić information content (AvgIpc) is 2.25. The Balaban J connectivity index is 2.76. The van der Waals surface area contributed by atoms with Gasteiger partial charge in [-0.1, -0.05) is 6.07 Å². The fourth-order valence-corrected chi connectivity index (χ4v) is 1.45. The molecule has 0 saturated carbocycles. The number of aliphatic hydroxyl groups excluding tert-OH is 1. The summed E-state index contributed by atoms with van der Waals surface area (Å²) < 4.78 is 5.08. The highest BCUT2D eigenvalue weighted by Crippen LogP contribution is 2.27. The number of anilines is 1. The lowest BCUT2D eigenvalue weighted by molar-refractivity contribution is 0.0636. The number of carbonyl (C=O) groups excluding carboxylic acids is 1. The summed E-state index contributed by atoms with van der Waals surface area (Å²) in [5.41, 5.74) is 5.41. The van der Waals surface area contributed by atoms with E-state index in [1.165, 1.54) is 12.1 Å². The normalized spacial score (nSPS) is 12.9. The van der Waals surface area contributed by atoms with Gasteiger partial charge in [0.15, 0.2) is 0 Å². The Hall–Kier alpha value is -1.79. The number of phenolic OH excluding ortho intramolecular Hbond substituents is 1. The highest BCUT2D eigenvalue weighted by molar-refractivity contribution is 5.85. The fraction of sp³-hybridized carbons (Fsp3) is 0.462. The van der Waals surface area contributed by atoms with E-state index in [0.717, 1.165) is 0 Å². The number of nitrogens with one attached hydrogen (secondary N) is 1. The minimum atomic E-state index is -0.935. The second-order valence-electron chi connectivity index (χ2n) is 5.15. The van der Waals surface area contributed by atoms with Crippen molar-refractivity contribution in [3.63, 3.8) is 0 Å². The van der Waals surface area contributed by atoms with Gasteiger partial charge in [0.2, 0.25) is 0 Å². The van der Waals surface area contributed by atoms with Crippen LogP contribution in [0.1, 0.15) is 32.4 Å². The maximum Gasteiger partial charge on any atom is 0.412 e. The molecule has 106 valence electrons. The Morgan fingerprint density at radius 1 is 1.47 bits per heavy atom. The van der Waals surface area contributed by atoms with Crippen LogP contribution in [0.25, 0.3) is 0 Å². The first-order valence-corrected chi connectivity index (χ1v) is 5.94. The van der Waals surface area contributed by atoms with E-state index in [9.17, 15) is 15.0 Å². The summed E-state index contributed by atoms with van der Waals surface area (Å²) >= 11 is 0. The molecule has 0 fully saturated rings. The Morgan fingerprint density at radius 2 is 2.11 bits per heavy atom. The smallest absolute Gasteiger partial charge is 0.412 e. The largest absolute Gasteiger partial charge is 0.507 e. The summed E-state index contributed by atoms with van der Waals surface area (Å²) in [4.78, 5) is 11.5. The molecule has 0 aromatic heterocycles. The molecule has 0 unspecified atom stereocenters. The molecule has 6 nitrogen and oxygen atoms in total. The van der Waals surface area contributed by atoms with Crippen LogP contribution in [0, 0.1) is 0 Å². The molecule has 0 radical (unpaired) electrons.